The number of Topliss-reactive ketones (excluding diaryl/α,β-unsaturated/α-hetero) is 1. The number of halogens is 2. The van der Waals surface area contributed by atoms with E-state index >= 15 is 0 Å². The minimum atomic E-state index is -2.96. The Morgan fingerprint density at radius 2 is 1.86 bits per heavy atom. The van der Waals surface area contributed by atoms with Crippen LogP contribution in [0.4, 0.5) is 14.5 Å². The molecule has 7 nitrogen and oxygen atoms in total. The third-order valence-electron chi connectivity index (χ3n) is 4.18. The van der Waals surface area contributed by atoms with Crippen LogP contribution in [0.3, 0.4) is 0 Å². The molecule has 2 aromatic carbocycles. The maximum absolute atomic E-state index is 12.7. The summed E-state index contributed by atoms with van der Waals surface area (Å²) in [5, 5.41) is 24.0. The highest BCUT2D eigenvalue weighted by atomic mass is 19.3. The van der Waals surface area contributed by atoms with Crippen LogP contribution in [0.2, 0.25) is 0 Å². The number of rotatable bonds is 6. The number of aromatic hydroxyl groups is 2. The first-order valence-electron chi connectivity index (χ1n) is 8.24. The Kier molecular flexibility index (Phi) is 5.25. The molecule has 0 aromatic heterocycles. The molecule has 1 aliphatic rings. The standard InChI is InChI=1S/C19H16F2N2O5/c1-10-17(16(26)9-11-2-7-14(24)15(25)8-11)18(27)23(22-10)12-3-5-13(6-4-12)28-19(20)21/h2-8,17,19,24-25H,9H2,1H3. The first-order valence-corrected chi connectivity index (χ1v) is 8.24. The van der Waals surface area contributed by atoms with Crippen molar-refractivity contribution in [1.29, 1.82) is 0 Å². The lowest BCUT2D eigenvalue weighted by molar-refractivity contribution is -0.128. The predicted octanol–water partition coefficient (Wildman–Crippen LogP) is 2.85. The normalized spacial score (nSPS) is 16.4. The third kappa shape index (κ3) is 3.93. The fraction of sp³-hybridized carbons (Fsp3) is 0.211. The highest BCUT2D eigenvalue weighted by Gasteiger charge is 2.39. The van der Waals surface area contributed by atoms with E-state index in [1.807, 2.05) is 0 Å². The van der Waals surface area contributed by atoms with Gasteiger partial charge in [0.15, 0.2) is 17.3 Å². The summed E-state index contributed by atoms with van der Waals surface area (Å²) in [5.74, 6) is -2.80. The number of benzene rings is 2. The second-order valence-corrected chi connectivity index (χ2v) is 6.16. The summed E-state index contributed by atoms with van der Waals surface area (Å²) in [5.41, 5.74) is 1.04. The van der Waals surface area contributed by atoms with Crippen LogP contribution < -0.4 is 9.75 Å². The van der Waals surface area contributed by atoms with Gasteiger partial charge in [-0.1, -0.05) is 6.07 Å². The largest absolute Gasteiger partial charge is 0.504 e. The highest BCUT2D eigenvalue weighted by Crippen LogP contribution is 2.29. The van der Waals surface area contributed by atoms with Gasteiger partial charge in [0.05, 0.1) is 11.4 Å². The number of carbonyl (C=O) groups is 2. The average molecular weight is 390 g/mol. The highest BCUT2D eigenvalue weighted by molar-refractivity contribution is 6.27. The molecule has 1 amide bonds. The van der Waals surface area contributed by atoms with E-state index in [9.17, 15) is 28.6 Å². The fourth-order valence-electron chi connectivity index (χ4n) is 2.87. The van der Waals surface area contributed by atoms with Gasteiger partial charge in [-0.2, -0.15) is 18.9 Å². The second-order valence-electron chi connectivity index (χ2n) is 6.16. The lowest BCUT2D eigenvalue weighted by Gasteiger charge is -2.14. The van der Waals surface area contributed by atoms with Gasteiger partial charge in [0.1, 0.15) is 11.7 Å². The lowest BCUT2D eigenvalue weighted by Crippen LogP contribution is -2.33. The second kappa shape index (κ2) is 7.63. The number of phenolic OH excluding ortho intramolecular Hbond substituents is 2. The van der Waals surface area contributed by atoms with Gasteiger partial charge in [-0.25, -0.2) is 0 Å². The Morgan fingerprint density at radius 3 is 2.46 bits per heavy atom. The van der Waals surface area contributed by atoms with Crippen molar-refractivity contribution in [1.82, 2.24) is 0 Å². The van der Waals surface area contributed by atoms with Crippen LogP contribution in [-0.2, 0) is 16.0 Å². The van der Waals surface area contributed by atoms with Crippen molar-refractivity contribution in [2.75, 3.05) is 5.01 Å². The number of carbonyl (C=O) groups excluding carboxylic acids is 2. The monoisotopic (exact) mass is 390 g/mol. The molecule has 3 rings (SSSR count). The minimum Gasteiger partial charge on any atom is -0.504 e. The number of ether oxygens (including phenoxy) is 1. The van der Waals surface area contributed by atoms with Crippen molar-refractivity contribution in [3.63, 3.8) is 0 Å². The maximum atomic E-state index is 12.7. The minimum absolute atomic E-state index is 0.0640. The van der Waals surface area contributed by atoms with E-state index in [-0.39, 0.29) is 23.7 Å². The number of nitrogens with zero attached hydrogens (tertiary/aromatic N) is 2. The van der Waals surface area contributed by atoms with Gasteiger partial charge in [0.2, 0.25) is 0 Å². The van der Waals surface area contributed by atoms with Gasteiger partial charge in [0.25, 0.3) is 5.91 Å². The summed E-state index contributed by atoms with van der Waals surface area (Å²) in [6, 6.07) is 9.29. The zero-order chi connectivity index (χ0) is 20.4. The fourth-order valence-corrected chi connectivity index (χ4v) is 2.87. The molecule has 0 aliphatic carbocycles. The summed E-state index contributed by atoms with van der Waals surface area (Å²) >= 11 is 0. The number of anilines is 1. The quantitative estimate of drug-likeness (QED) is 0.584. The van der Waals surface area contributed by atoms with Gasteiger partial charge < -0.3 is 14.9 Å². The molecule has 9 heteroatoms. The van der Waals surface area contributed by atoms with Crippen LogP contribution in [0, 0.1) is 5.92 Å². The van der Waals surface area contributed by atoms with E-state index in [1.165, 1.54) is 42.5 Å². The van der Waals surface area contributed by atoms with E-state index < -0.39 is 24.2 Å². The van der Waals surface area contributed by atoms with Gasteiger partial charge >= 0.3 is 6.61 Å². The summed E-state index contributed by atoms with van der Waals surface area (Å²) in [6.07, 6.45) is -0.133. The molecule has 146 valence electrons. The van der Waals surface area contributed by atoms with Crippen molar-refractivity contribution in [2.45, 2.75) is 20.0 Å². The molecule has 0 bridgehead atoms. The molecule has 0 radical (unpaired) electrons. The molecule has 0 saturated carbocycles. The molecule has 0 saturated heterocycles. The first kappa shape index (κ1) is 19.3. The van der Waals surface area contributed by atoms with E-state index in [0.29, 0.717) is 17.0 Å². The average Bonchev–Trinajstić information content (AvgIpc) is 2.93. The van der Waals surface area contributed by atoms with E-state index in [2.05, 4.69) is 9.84 Å². The number of amides is 1. The molecule has 1 aliphatic heterocycles. The van der Waals surface area contributed by atoms with E-state index in [1.54, 1.807) is 6.92 Å². The van der Waals surface area contributed by atoms with Crippen molar-refractivity contribution < 1.29 is 33.3 Å². The Labute approximate surface area is 158 Å². The number of ketones is 1. The number of hydrogen-bond acceptors (Lipinski definition) is 6. The summed E-state index contributed by atoms with van der Waals surface area (Å²) in [6.45, 7) is -1.41. The number of hydrazone groups is 1. The number of hydrogen-bond donors (Lipinski definition) is 2. The summed E-state index contributed by atoms with van der Waals surface area (Å²) in [4.78, 5) is 25.3. The molecule has 2 aromatic rings. The Bertz CT molecular complexity index is 944. The summed E-state index contributed by atoms with van der Waals surface area (Å²) < 4.78 is 28.7. The SMILES string of the molecule is CC1=NN(c2ccc(OC(F)F)cc2)C(=O)C1C(=O)Cc1ccc(O)c(O)c1. The van der Waals surface area contributed by atoms with Crippen LogP contribution in [0.15, 0.2) is 47.6 Å². The Morgan fingerprint density at radius 1 is 1.18 bits per heavy atom. The first-order chi connectivity index (χ1) is 13.3. The lowest BCUT2D eigenvalue weighted by atomic mass is 9.94. The van der Waals surface area contributed by atoms with Crippen molar-refractivity contribution in [3.05, 3.63) is 48.0 Å². The van der Waals surface area contributed by atoms with E-state index in [0.717, 1.165) is 5.01 Å². The Balaban J connectivity index is 1.74. The molecule has 2 N–H and O–H groups in total. The summed E-state index contributed by atoms with van der Waals surface area (Å²) in [7, 11) is 0. The van der Waals surface area contributed by atoms with Crippen LogP contribution in [0.25, 0.3) is 0 Å². The zero-order valence-corrected chi connectivity index (χ0v) is 14.7. The number of phenols is 2. The van der Waals surface area contributed by atoms with Gasteiger partial charge in [-0.3, -0.25) is 9.59 Å². The predicted molar refractivity (Wildman–Crippen MR) is 95.6 cm³/mol. The van der Waals surface area contributed by atoms with Crippen LogP contribution in [0.1, 0.15) is 12.5 Å². The molecule has 28 heavy (non-hydrogen) atoms. The van der Waals surface area contributed by atoms with Gasteiger partial charge in [0, 0.05) is 6.42 Å². The van der Waals surface area contributed by atoms with E-state index in [4.69, 9.17) is 0 Å². The molecule has 1 atom stereocenters. The molecular formula is C19H16F2N2O5. The molecular weight excluding hydrogens is 374 g/mol. The van der Waals surface area contributed by atoms with Crippen LogP contribution in [0.5, 0.6) is 17.2 Å². The third-order valence-corrected chi connectivity index (χ3v) is 4.18. The van der Waals surface area contributed by atoms with Crippen LogP contribution >= 0.6 is 0 Å². The van der Waals surface area contributed by atoms with Crippen LogP contribution in [-0.4, -0.2) is 34.2 Å². The van der Waals surface area contributed by atoms with Crippen molar-refractivity contribution in [3.8, 4) is 17.2 Å². The van der Waals surface area contributed by atoms with Crippen molar-refractivity contribution >= 4 is 23.1 Å². The zero-order valence-electron chi connectivity index (χ0n) is 14.7. The maximum Gasteiger partial charge on any atom is 0.387 e. The molecule has 0 fully saturated rings. The van der Waals surface area contributed by atoms with Gasteiger partial charge in [-0.05, 0) is 48.9 Å². The Hall–Kier alpha value is -3.49. The number of alkyl halides is 2. The van der Waals surface area contributed by atoms with Gasteiger partial charge in [-0.15, -0.1) is 0 Å². The molecule has 0 spiro atoms. The smallest absolute Gasteiger partial charge is 0.387 e. The van der Waals surface area contributed by atoms with Crippen molar-refractivity contribution in [2.24, 2.45) is 11.0 Å². The molecule has 1 unspecified atom stereocenters. The molecule has 1 heterocycles. The topological polar surface area (TPSA) is 99.4 Å².